The van der Waals surface area contributed by atoms with Crippen molar-refractivity contribution >= 4 is 22.6 Å². The molecule has 71 heavy (non-hydrogen) atoms. The molecule has 17 heteroatoms. The Hall–Kier alpha value is -5.53. The number of rotatable bonds is 12. The molecule has 0 bridgehead atoms. The molecule has 9 aromatic rings. The Morgan fingerprint density at radius 1 is 0.282 bits per heavy atom. The van der Waals surface area contributed by atoms with E-state index in [1.165, 1.54) is 42.1 Å². The van der Waals surface area contributed by atoms with Gasteiger partial charge in [0.15, 0.2) is 27.2 Å². The highest BCUT2D eigenvalue weighted by Gasteiger charge is 2.29. The molecule has 0 atom stereocenters. The van der Waals surface area contributed by atoms with Crippen LogP contribution in [0.2, 0.25) is 0 Å². The van der Waals surface area contributed by atoms with E-state index >= 15 is 0 Å². The highest BCUT2D eigenvalue weighted by molar-refractivity contribution is 14.1. The van der Waals surface area contributed by atoms with Gasteiger partial charge in [-0.15, -0.1) is 0 Å². The van der Waals surface area contributed by atoms with Gasteiger partial charge in [0.2, 0.25) is 63.9 Å². The molecular formula is C54H32F9I4O4+3. The smallest absolute Gasteiger partial charge is 0.357 e. The van der Waals surface area contributed by atoms with Gasteiger partial charge in [-0.2, -0.15) is 26.3 Å². The van der Waals surface area contributed by atoms with Crippen LogP contribution in [0.15, 0.2) is 188 Å². The summed E-state index contributed by atoms with van der Waals surface area (Å²) in [7, 11) is 0. The van der Waals surface area contributed by atoms with Gasteiger partial charge in [0.1, 0.15) is 23.0 Å². The van der Waals surface area contributed by atoms with E-state index in [9.17, 15) is 39.5 Å². The van der Waals surface area contributed by atoms with Gasteiger partial charge in [-0.1, -0.05) is 54.6 Å². The van der Waals surface area contributed by atoms with Crippen molar-refractivity contribution < 1.29 is 122 Å². The lowest BCUT2D eigenvalue weighted by atomic mass is 10.2. The molecule has 0 amide bonds. The van der Waals surface area contributed by atoms with Gasteiger partial charge >= 0.3 is 63.6 Å². The summed E-state index contributed by atoms with van der Waals surface area (Å²) in [6.07, 6.45) is 0. The molecular weight excluding hydrogens is 1390 g/mol. The monoisotopic (exact) mass is 1420 g/mol. The average Bonchev–Trinajstić information content (AvgIpc) is 3.40. The summed E-state index contributed by atoms with van der Waals surface area (Å²) in [4.78, 5) is 0. The summed E-state index contributed by atoms with van der Waals surface area (Å²) < 4.78 is 145. The topological polar surface area (TPSA) is 47.9 Å². The van der Waals surface area contributed by atoms with E-state index in [-0.39, 0.29) is 32.7 Å². The molecule has 0 saturated carbocycles. The average molecular weight is 1420 g/mol. The summed E-state index contributed by atoms with van der Waals surface area (Å²) in [6.45, 7) is 0. The second-order valence-corrected chi connectivity index (χ2v) is 24.5. The van der Waals surface area contributed by atoms with Crippen LogP contribution in [-0.2, 0) is 0 Å². The molecule has 0 fully saturated rings. The van der Waals surface area contributed by atoms with Crippen LogP contribution < -0.4 is 77.8 Å². The lowest BCUT2D eigenvalue weighted by Gasteiger charge is -2.10. The Morgan fingerprint density at radius 2 is 0.521 bits per heavy atom. The van der Waals surface area contributed by atoms with Crippen molar-refractivity contribution in [1.29, 1.82) is 0 Å². The van der Waals surface area contributed by atoms with Crippen molar-refractivity contribution in [2.24, 2.45) is 0 Å². The minimum atomic E-state index is -2.22. The lowest BCUT2D eigenvalue weighted by Crippen LogP contribution is -3.61. The fourth-order valence-electron chi connectivity index (χ4n) is 5.75. The summed E-state index contributed by atoms with van der Waals surface area (Å²) in [5.41, 5.74) is 0. The number of ether oxygens (including phenoxy) is 3. The molecule has 0 aliphatic heterocycles. The Morgan fingerprint density at radius 3 is 0.831 bits per heavy atom. The SMILES string of the molecule is Fc1c(F)c(F)c(Oc2ccc([I+]c3ccccc3)cc2)c(F)c1F.Ic1ccc(Oc2ccc([I+]c3ccccc3)cc2)cc1.Oc1c(F)c(F)c(Oc2ccc([I+]c3ccccc3)cc2)c(F)c1F. The van der Waals surface area contributed by atoms with Gasteiger partial charge in [0.05, 0.1) is 0 Å². The molecule has 9 rings (SSSR count). The van der Waals surface area contributed by atoms with Gasteiger partial charge in [-0.05, 0) is 156 Å². The van der Waals surface area contributed by atoms with E-state index in [1.807, 2.05) is 84.9 Å². The van der Waals surface area contributed by atoms with Crippen molar-refractivity contribution in [3.8, 4) is 40.2 Å². The Bertz CT molecular complexity index is 2970. The highest BCUT2D eigenvalue weighted by atomic mass is 127. The minimum absolute atomic E-state index is 0.0168. The number of benzene rings is 9. The molecule has 0 unspecified atom stereocenters. The van der Waals surface area contributed by atoms with Crippen LogP contribution in [0.1, 0.15) is 0 Å². The van der Waals surface area contributed by atoms with E-state index in [0.717, 1.165) is 18.6 Å². The Kier molecular flexibility index (Phi) is 19.3. The van der Waals surface area contributed by atoms with Crippen LogP contribution >= 0.6 is 22.6 Å². The molecule has 0 heterocycles. The predicted molar refractivity (Wildman–Crippen MR) is 244 cm³/mol. The molecule has 0 aromatic heterocycles. The van der Waals surface area contributed by atoms with Crippen LogP contribution in [0.5, 0.6) is 40.2 Å². The van der Waals surface area contributed by atoms with Crippen molar-refractivity contribution in [1.82, 2.24) is 0 Å². The third-order valence-electron chi connectivity index (χ3n) is 9.15. The second kappa shape index (κ2) is 25.7. The molecule has 0 spiro atoms. The molecule has 0 saturated heterocycles. The number of hydrogen-bond donors (Lipinski definition) is 1. The van der Waals surface area contributed by atoms with E-state index in [4.69, 9.17) is 19.3 Å². The van der Waals surface area contributed by atoms with Crippen LogP contribution in [0.4, 0.5) is 39.5 Å². The maximum Gasteiger partial charge on any atom is 0.357 e. The van der Waals surface area contributed by atoms with Crippen LogP contribution in [0, 0.1) is 77.3 Å². The van der Waals surface area contributed by atoms with Crippen LogP contribution in [-0.4, -0.2) is 5.11 Å². The largest absolute Gasteiger partial charge is 0.503 e. The first-order valence-corrected chi connectivity index (χ1v) is 28.0. The molecule has 1 N–H and O–H groups in total. The minimum Gasteiger partial charge on any atom is -0.503 e. The van der Waals surface area contributed by atoms with Crippen molar-refractivity contribution in [2.75, 3.05) is 0 Å². The molecule has 0 aliphatic rings. The first-order valence-electron chi connectivity index (χ1n) is 20.5. The first kappa shape index (κ1) is 53.3. The van der Waals surface area contributed by atoms with Gasteiger partial charge in [-0.25, -0.2) is 13.2 Å². The Labute approximate surface area is 446 Å². The standard InChI is InChI=1S/C18H9F5IO.C18H9F4IO2.C18H13I2O/c19-13-14(20)16(22)18(17(23)15(13)21)25-12-8-6-11(7-9-12)24-10-4-2-1-3-5-10;19-13-15(21)18(16(22)14(20)17(13)24)25-12-8-6-11(7-9-12)23-10-4-2-1-3-5-10;19-14-6-10-17(11-7-14)21-18-12-8-16(9-13-18)20-15-4-2-1-3-5-15/h2*1-9H;1-13H/q+1;;+1/p+1. The van der Waals surface area contributed by atoms with Gasteiger partial charge in [0.25, 0.3) is 0 Å². The molecule has 0 radical (unpaired) electrons. The van der Waals surface area contributed by atoms with Gasteiger partial charge < -0.3 is 19.3 Å². The van der Waals surface area contributed by atoms with E-state index < -0.39 is 112 Å². The zero-order valence-electron chi connectivity index (χ0n) is 36.0. The van der Waals surface area contributed by atoms with Crippen LogP contribution in [0.25, 0.3) is 0 Å². The summed E-state index contributed by atoms with van der Waals surface area (Å²) in [6, 6.07) is 59.3. The number of aromatic hydroxyl groups is 1. The zero-order valence-corrected chi connectivity index (χ0v) is 44.6. The lowest BCUT2D eigenvalue weighted by molar-refractivity contribution is -0.597. The van der Waals surface area contributed by atoms with E-state index in [2.05, 4.69) is 77.2 Å². The maximum atomic E-state index is 13.7. The molecule has 9 aromatic carbocycles. The van der Waals surface area contributed by atoms with Crippen molar-refractivity contribution in [3.63, 3.8) is 0 Å². The fourth-order valence-corrected chi connectivity index (χ4v) is 12.7. The van der Waals surface area contributed by atoms with Crippen LogP contribution in [0.3, 0.4) is 0 Å². The summed E-state index contributed by atoms with van der Waals surface area (Å²) in [5.74, 6) is -20.2. The van der Waals surface area contributed by atoms with Crippen molar-refractivity contribution in [3.05, 3.63) is 265 Å². The summed E-state index contributed by atoms with van der Waals surface area (Å²) in [5, 5.41) is 8.95. The summed E-state index contributed by atoms with van der Waals surface area (Å²) >= 11 is 1.31. The number of phenols is 1. The Balaban J connectivity index is 0.000000157. The third kappa shape index (κ3) is 14.8. The predicted octanol–water partition coefficient (Wildman–Crippen LogP) is 6.38. The highest BCUT2D eigenvalue weighted by Crippen LogP contribution is 2.36. The number of phenolic OH excluding ortho intramolecular Hbond substituents is 1. The maximum absolute atomic E-state index is 13.7. The number of halogens is 13. The number of hydrogen-bond acceptors (Lipinski definition) is 4. The molecule has 0 aliphatic carbocycles. The van der Waals surface area contributed by atoms with E-state index in [0.29, 0.717) is 0 Å². The zero-order chi connectivity index (χ0) is 50.4. The quantitative estimate of drug-likeness (QED) is 0.0669. The third-order valence-corrected chi connectivity index (χ3v) is 17.9. The van der Waals surface area contributed by atoms with Gasteiger partial charge in [-0.3, -0.25) is 0 Å². The first-order chi connectivity index (χ1) is 34.2. The normalized spacial score (nSPS) is 10.6. The van der Waals surface area contributed by atoms with Crippen molar-refractivity contribution in [2.45, 2.75) is 0 Å². The van der Waals surface area contributed by atoms with E-state index in [1.54, 1.807) is 24.3 Å². The van der Waals surface area contributed by atoms with Gasteiger partial charge in [0, 0.05) is 3.57 Å². The fraction of sp³-hybridized carbons (Fsp3) is 0. The second-order valence-electron chi connectivity index (χ2n) is 14.1. The molecule has 360 valence electrons. The molecule has 4 nitrogen and oxygen atoms in total.